The van der Waals surface area contributed by atoms with Crippen molar-refractivity contribution in [1.29, 1.82) is 0 Å². The van der Waals surface area contributed by atoms with E-state index >= 15 is 0 Å². The van der Waals surface area contributed by atoms with Gasteiger partial charge in [0.1, 0.15) is 6.04 Å². The fraction of sp³-hybridized carbons (Fsp3) is 0.833. The SMILES string of the molecule is O.O.O.O.O=C(O)C1CCCCN1. The van der Waals surface area contributed by atoms with Gasteiger partial charge in [-0.25, -0.2) is 0 Å². The molecule has 1 unspecified atom stereocenters. The summed E-state index contributed by atoms with van der Waals surface area (Å²) in [7, 11) is 0. The van der Waals surface area contributed by atoms with Crippen LogP contribution in [0.2, 0.25) is 0 Å². The van der Waals surface area contributed by atoms with Gasteiger partial charge in [-0.1, -0.05) is 6.42 Å². The second-order valence-electron chi connectivity index (χ2n) is 2.34. The number of hydrogen-bond donors (Lipinski definition) is 2. The molecule has 0 aromatic rings. The van der Waals surface area contributed by atoms with Crippen molar-refractivity contribution in [1.82, 2.24) is 5.32 Å². The van der Waals surface area contributed by atoms with Crippen LogP contribution >= 0.6 is 0 Å². The van der Waals surface area contributed by atoms with Gasteiger partial charge in [0.25, 0.3) is 0 Å². The molecule has 1 fully saturated rings. The highest BCUT2D eigenvalue weighted by Gasteiger charge is 2.18. The predicted molar refractivity (Wildman–Crippen MR) is 47.7 cm³/mol. The molecule has 10 N–H and O–H groups in total. The lowest BCUT2D eigenvalue weighted by Crippen LogP contribution is -2.40. The van der Waals surface area contributed by atoms with Crippen LogP contribution in [0, 0.1) is 0 Å². The molecule has 84 valence electrons. The molecule has 7 nitrogen and oxygen atoms in total. The summed E-state index contributed by atoms with van der Waals surface area (Å²) in [6.07, 6.45) is 2.95. The number of rotatable bonds is 1. The molecule has 0 amide bonds. The molecule has 0 saturated carbocycles. The number of nitrogens with one attached hydrogen (secondary N) is 1. The molecule has 0 bridgehead atoms. The van der Waals surface area contributed by atoms with Crippen LogP contribution in [0.15, 0.2) is 0 Å². The summed E-state index contributed by atoms with van der Waals surface area (Å²) in [6.45, 7) is 0.858. The van der Waals surface area contributed by atoms with E-state index in [-0.39, 0.29) is 27.9 Å². The molecule has 0 aromatic carbocycles. The van der Waals surface area contributed by atoms with E-state index in [2.05, 4.69) is 5.32 Å². The van der Waals surface area contributed by atoms with Crippen molar-refractivity contribution >= 4 is 5.97 Å². The Morgan fingerprint density at radius 2 is 1.69 bits per heavy atom. The normalized spacial score (nSPS) is 19.2. The highest BCUT2D eigenvalue weighted by Crippen LogP contribution is 2.05. The zero-order valence-corrected chi connectivity index (χ0v) is 7.26. The molecular weight excluding hydrogens is 182 g/mol. The molecular formula is C6H19NO6. The molecule has 0 spiro atoms. The molecule has 13 heavy (non-hydrogen) atoms. The highest BCUT2D eigenvalue weighted by atomic mass is 16.4. The van der Waals surface area contributed by atoms with E-state index < -0.39 is 5.97 Å². The first-order valence-electron chi connectivity index (χ1n) is 3.27. The fourth-order valence-corrected chi connectivity index (χ4v) is 1.06. The summed E-state index contributed by atoms with van der Waals surface area (Å²) in [5.41, 5.74) is 0. The second-order valence-corrected chi connectivity index (χ2v) is 2.34. The van der Waals surface area contributed by atoms with Crippen LogP contribution < -0.4 is 5.32 Å². The van der Waals surface area contributed by atoms with Crippen molar-refractivity contribution in [3.05, 3.63) is 0 Å². The van der Waals surface area contributed by atoms with Crippen LogP contribution in [-0.4, -0.2) is 45.6 Å². The molecule has 7 heteroatoms. The number of carboxylic acid groups (broad SMARTS) is 1. The minimum atomic E-state index is -0.713. The van der Waals surface area contributed by atoms with Crippen LogP contribution in [0.25, 0.3) is 0 Å². The van der Waals surface area contributed by atoms with E-state index in [0.717, 1.165) is 25.8 Å². The van der Waals surface area contributed by atoms with Gasteiger partial charge in [0.15, 0.2) is 0 Å². The van der Waals surface area contributed by atoms with Crippen molar-refractivity contribution in [2.75, 3.05) is 6.54 Å². The largest absolute Gasteiger partial charge is 0.480 e. The quantitative estimate of drug-likeness (QED) is 0.457. The summed E-state index contributed by atoms with van der Waals surface area (Å²) in [4.78, 5) is 10.3. The Labute approximate surface area is 76.0 Å². The molecule has 1 aliphatic rings. The minimum Gasteiger partial charge on any atom is -0.480 e. The summed E-state index contributed by atoms with van der Waals surface area (Å²) >= 11 is 0. The average Bonchev–Trinajstić information content (AvgIpc) is 1.90. The number of carbonyl (C=O) groups is 1. The van der Waals surface area contributed by atoms with Crippen molar-refractivity contribution in [3.63, 3.8) is 0 Å². The van der Waals surface area contributed by atoms with E-state index in [9.17, 15) is 4.79 Å². The Morgan fingerprint density at radius 1 is 1.15 bits per heavy atom. The van der Waals surface area contributed by atoms with Gasteiger partial charge in [0.2, 0.25) is 0 Å². The van der Waals surface area contributed by atoms with Crippen LogP contribution in [-0.2, 0) is 4.79 Å². The summed E-state index contributed by atoms with van der Waals surface area (Å²) in [6, 6.07) is -0.279. The van der Waals surface area contributed by atoms with Crippen molar-refractivity contribution < 1.29 is 31.8 Å². The van der Waals surface area contributed by atoms with E-state index in [1.54, 1.807) is 0 Å². The average molecular weight is 201 g/mol. The smallest absolute Gasteiger partial charge is 0.320 e. The van der Waals surface area contributed by atoms with Gasteiger partial charge in [-0.05, 0) is 19.4 Å². The summed E-state index contributed by atoms with van der Waals surface area (Å²) < 4.78 is 0. The molecule has 0 aromatic heterocycles. The highest BCUT2D eigenvalue weighted by molar-refractivity contribution is 5.73. The third-order valence-electron chi connectivity index (χ3n) is 1.61. The monoisotopic (exact) mass is 201 g/mol. The number of aliphatic carboxylic acids is 1. The van der Waals surface area contributed by atoms with Gasteiger partial charge in [0.05, 0.1) is 0 Å². The number of piperidine rings is 1. The van der Waals surface area contributed by atoms with E-state index in [0.29, 0.717) is 0 Å². The Morgan fingerprint density at radius 3 is 1.92 bits per heavy atom. The Bertz CT molecular complexity index is 114. The maximum Gasteiger partial charge on any atom is 0.320 e. The molecule has 1 aliphatic heterocycles. The van der Waals surface area contributed by atoms with Gasteiger partial charge in [-0.15, -0.1) is 0 Å². The Hall–Kier alpha value is -0.730. The maximum atomic E-state index is 10.3. The number of hydrogen-bond acceptors (Lipinski definition) is 2. The fourth-order valence-electron chi connectivity index (χ4n) is 1.06. The van der Waals surface area contributed by atoms with E-state index in [1.807, 2.05) is 0 Å². The first-order valence-corrected chi connectivity index (χ1v) is 3.27. The third kappa shape index (κ3) is 7.62. The molecule has 1 heterocycles. The van der Waals surface area contributed by atoms with E-state index in [4.69, 9.17) is 5.11 Å². The van der Waals surface area contributed by atoms with Gasteiger partial charge in [-0.2, -0.15) is 0 Å². The molecule has 1 saturated heterocycles. The van der Waals surface area contributed by atoms with Crippen LogP contribution in [0.1, 0.15) is 19.3 Å². The van der Waals surface area contributed by atoms with Gasteiger partial charge >= 0.3 is 5.97 Å². The topological polar surface area (TPSA) is 175 Å². The minimum absolute atomic E-state index is 0. The van der Waals surface area contributed by atoms with Crippen molar-refractivity contribution in [2.45, 2.75) is 25.3 Å². The molecule has 1 atom stereocenters. The van der Waals surface area contributed by atoms with Crippen LogP contribution in [0.3, 0.4) is 0 Å². The van der Waals surface area contributed by atoms with Gasteiger partial charge in [0, 0.05) is 0 Å². The summed E-state index contributed by atoms with van der Waals surface area (Å²) in [5, 5.41) is 11.4. The van der Waals surface area contributed by atoms with E-state index in [1.165, 1.54) is 0 Å². The lowest BCUT2D eigenvalue weighted by molar-refractivity contribution is -0.140. The Kier molecular flexibility index (Phi) is 19.8. The zero-order chi connectivity index (χ0) is 6.69. The maximum absolute atomic E-state index is 10.3. The van der Waals surface area contributed by atoms with Crippen molar-refractivity contribution in [3.8, 4) is 0 Å². The third-order valence-corrected chi connectivity index (χ3v) is 1.61. The zero-order valence-electron chi connectivity index (χ0n) is 7.26. The second kappa shape index (κ2) is 11.3. The van der Waals surface area contributed by atoms with Crippen LogP contribution in [0.4, 0.5) is 0 Å². The first-order chi connectivity index (χ1) is 4.30. The predicted octanol–water partition coefficient (Wildman–Crippen LogP) is -3.09. The van der Waals surface area contributed by atoms with Crippen LogP contribution in [0.5, 0.6) is 0 Å². The standard InChI is InChI=1S/C6H11NO2.4H2O/c8-6(9)5-3-1-2-4-7-5;;;;/h5,7H,1-4H2,(H,8,9);4*1H2. The summed E-state index contributed by atoms with van der Waals surface area (Å²) in [5.74, 6) is -0.713. The number of carboxylic acids is 1. The van der Waals surface area contributed by atoms with Gasteiger partial charge in [-0.3, -0.25) is 4.79 Å². The molecule has 1 rings (SSSR count). The Balaban J connectivity index is -0.000000101. The van der Waals surface area contributed by atoms with Gasteiger partial charge < -0.3 is 32.3 Å². The van der Waals surface area contributed by atoms with Crippen molar-refractivity contribution in [2.24, 2.45) is 0 Å². The first kappa shape index (κ1) is 22.8. The molecule has 0 radical (unpaired) electrons. The lowest BCUT2D eigenvalue weighted by Gasteiger charge is -2.18. The molecule has 0 aliphatic carbocycles. The lowest BCUT2D eigenvalue weighted by atomic mass is 10.1.